The van der Waals surface area contributed by atoms with Gasteiger partial charge in [0.05, 0.1) is 29.3 Å². The van der Waals surface area contributed by atoms with Crippen LogP contribution in [0.15, 0.2) is 34.6 Å². The van der Waals surface area contributed by atoms with Crippen LogP contribution in [0.1, 0.15) is 36.9 Å². The molecular weight excluding hydrogens is 369 g/mol. The molecule has 29 heavy (non-hydrogen) atoms. The first-order valence-corrected chi connectivity index (χ1v) is 10.0. The smallest absolute Gasteiger partial charge is 0.156 e. The summed E-state index contributed by atoms with van der Waals surface area (Å²) in [6.07, 6.45) is 6.17. The van der Waals surface area contributed by atoms with Crippen molar-refractivity contribution >= 4 is 17.0 Å². The third kappa shape index (κ3) is 3.37. The highest BCUT2D eigenvalue weighted by atomic mass is 19.1. The summed E-state index contributed by atoms with van der Waals surface area (Å²) in [7, 11) is 0. The van der Waals surface area contributed by atoms with Crippen molar-refractivity contribution in [2.75, 3.05) is 12.3 Å². The number of nitrogens with two attached hydrogens (primary N) is 1. The number of aryl methyl sites for hydroxylation is 2. The van der Waals surface area contributed by atoms with Crippen molar-refractivity contribution < 1.29 is 4.39 Å². The lowest BCUT2D eigenvalue weighted by atomic mass is 9.98. The number of benzene rings is 1. The number of rotatable bonds is 3. The predicted molar refractivity (Wildman–Crippen MR) is 110 cm³/mol. The summed E-state index contributed by atoms with van der Waals surface area (Å²) < 4.78 is 16.3. The Labute approximate surface area is 168 Å². The maximum Gasteiger partial charge on any atom is 0.156 e. The normalized spacial score (nSPS) is 20.7. The molecule has 1 unspecified atom stereocenters. The van der Waals surface area contributed by atoms with Crippen molar-refractivity contribution in [2.24, 2.45) is 10.2 Å². The van der Waals surface area contributed by atoms with Gasteiger partial charge in [-0.3, -0.25) is 0 Å². The van der Waals surface area contributed by atoms with Crippen LogP contribution in [0.4, 0.5) is 15.8 Å². The Morgan fingerprint density at radius 1 is 1.28 bits per heavy atom. The molecule has 0 bridgehead atoms. The second kappa shape index (κ2) is 6.59. The van der Waals surface area contributed by atoms with E-state index in [-0.39, 0.29) is 17.3 Å². The summed E-state index contributed by atoms with van der Waals surface area (Å²) in [4.78, 5) is 4.46. The average molecular weight is 393 g/mol. The van der Waals surface area contributed by atoms with Crippen molar-refractivity contribution in [3.63, 3.8) is 0 Å². The molecule has 7 nitrogen and oxygen atoms in total. The number of nitrogens with zero attached hydrogens (tertiary/aromatic N) is 5. The van der Waals surface area contributed by atoms with Gasteiger partial charge in [0.15, 0.2) is 5.65 Å². The van der Waals surface area contributed by atoms with E-state index in [1.807, 2.05) is 26.1 Å². The average Bonchev–Trinajstić information content (AvgIpc) is 3.31. The number of halogens is 1. The largest absolute Gasteiger partial charge is 0.395 e. The molecule has 2 aromatic heterocycles. The Morgan fingerprint density at radius 2 is 2.10 bits per heavy atom. The minimum atomic E-state index is -0.512. The van der Waals surface area contributed by atoms with Crippen molar-refractivity contribution in [3.05, 3.63) is 41.5 Å². The van der Waals surface area contributed by atoms with E-state index in [0.29, 0.717) is 16.9 Å². The minimum absolute atomic E-state index is 0.0174. The number of nitrogens with one attached hydrogen (secondary N) is 1. The van der Waals surface area contributed by atoms with Crippen LogP contribution in [-0.2, 0) is 0 Å². The van der Waals surface area contributed by atoms with Gasteiger partial charge in [0.1, 0.15) is 11.5 Å². The maximum absolute atomic E-state index is 14.6. The van der Waals surface area contributed by atoms with E-state index < -0.39 is 5.82 Å². The van der Waals surface area contributed by atoms with Crippen LogP contribution in [0.5, 0.6) is 0 Å². The number of hydrogen-bond donors (Lipinski definition) is 2. The SMILES string of the molecule is Cc1cn2nc(-c3cc(F)c(N)c(N=NC4CCNC5(CC5)C4)c3)cc(C)c2n1. The number of fused-ring (bicyclic) bond motifs is 1. The van der Waals surface area contributed by atoms with Gasteiger partial charge in [0, 0.05) is 11.1 Å². The highest BCUT2D eigenvalue weighted by Crippen LogP contribution is 2.43. The van der Waals surface area contributed by atoms with E-state index in [9.17, 15) is 4.39 Å². The summed E-state index contributed by atoms with van der Waals surface area (Å²) >= 11 is 0. The Morgan fingerprint density at radius 3 is 2.90 bits per heavy atom. The molecule has 8 heteroatoms. The van der Waals surface area contributed by atoms with Crippen LogP contribution in [0.3, 0.4) is 0 Å². The van der Waals surface area contributed by atoms with Crippen LogP contribution in [0.25, 0.3) is 16.9 Å². The highest BCUT2D eigenvalue weighted by molar-refractivity contribution is 5.73. The van der Waals surface area contributed by atoms with Gasteiger partial charge in [-0.1, -0.05) is 0 Å². The quantitative estimate of drug-likeness (QED) is 0.517. The fourth-order valence-corrected chi connectivity index (χ4v) is 4.12. The number of aromatic nitrogens is 3. The fraction of sp³-hybridized carbons (Fsp3) is 0.429. The van der Waals surface area contributed by atoms with Gasteiger partial charge in [-0.05, 0) is 69.8 Å². The molecule has 0 radical (unpaired) electrons. The second-order valence-electron chi connectivity index (χ2n) is 8.32. The summed E-state index contributed by atoms with van der Waals surface area (Å²) in [5, 5.41) is 17.0. The Balaban J connectivity index is 1.49. The van der Waals surface area contributed by atoms with Crippen LogP contribution in [-0.4, -0.2) is 32.7 Å². The molecule has 1 saturated carbocycles. The zero-order chi connectivity index (χ0) is 20.2. The molecule has 5 rings (SSSR count). The zero-order valence-electron chi connectivity index (χ0n) is 16.6. The molecule has 150 valence electrons. The van der Waals surface area contributed by atoms with Crippen LogP contribution in [0.2, 0.25) is 0 Å². The van der Waals surface area contributed by atoms with Crippen LogP contribution >= 0.6 is 0 Å². The van der Waals surface area contributed by atoms with E-state index in [0.717, 1.165) is 36.3 Å². The van der Waals surface area contributed by atoms with E-state index >= 15 is 0 Å². The molecular formula is C21H24FN7. The minimum Gasteiger partial charge on any atom is -0.395 e. The molecule has 1 aliphatic carbocycles. The third-order valence-electron chi connectivity index (χ3n) is 5.92. The topological polar surface area (TPSA) is 93.0 Å². The monoisotopic (exact) mass is 393 g/mol. The summed E-state index contributed by atoms with van der Waals surface area (Å²) in [6, 6.07) is 5.20. The first-order chi connectivity index (χ1) is 13.9. The molecule has 1 spiro atoms. The van der Waals surface area contributed by atoms with Gasteiger partial charge in [-0.15, -0.1) is 0 Å². The van der Waals surface area contributed by atoms with Crippen molar-refractivity contribution in [1.29, 1.82) is 0 Å². The van der Waals surface area contributed by atoms with Crippen molar-refractivity contribution in [2.45, 2.75) is 51.1 Å². The Hall–Kier alpha value is -2.87. The fourth-order valence-electron chi connectivity index (χ4n) is 4.12. The van der Waals surface area contributed by atoms with E-state index in [1.54, 1.807) is 10.6 Å². The van der Waals surface area contributed by atoms with Crippen molar-refractivity contribution in [3.8, 4) is 11.3 Å². The van der Waals surface area contributed by atoms with E-state index in [4.69, 9.17) is 5.73 Å². The summed E-state index contributed by atoms with van der Waals surface area (Å²) in [5.74, 6) is -0.512. The molecule has 3 heterocycles. The van der Waals surface area contributed by atoms with Gasteiger partial charge < -0.3 is 11.1 Å². The lowest BCUT2D eigenvalue weighted by Gasteiger charge is -2.27. The lowest BCUT2D eigenvalue weighted by molar-refractivity contribution is 0.341. The maximum atomic E-state index is 14.6. The van der Waals surface area contributed by atoms with Crippen molar-refractivity contribution in [1.82, 2.24) is 19.9 Å². The van der Waals surface area contributed by atoms with Gasteiger partial charge >= 0.3 is 0 Å². The number of anilines is 1. The van der Waals surface area contributed by atoms with Gasteiger partial charge in [-0.2, -0.15) is 15.3 Å². The number of azo groups is 1. The molecule has 3 N–H and O–H groups in total. The standard InChI is InChI=1S/C21H24FN7/c1-12-7-17(28-29-11-13(2)25-20(12)29)14-8-16(22)19(23)18(9-14)27-26-15-3-6-24-21(10-15)4-5-21/h7-9,11,15,24H,3-6,10,23H2,1-2H3. The van der Waals surface area contributed by atoms with Crippen LogP contribution < -0.4 is 11.1 Å². The lowest BCUT2D eigenvalue weighted by Crippen LogP contribution is -2.41. The zero-order valence-corrected chi connectivity index (χ0v) is 16.6. The molecule has 2 aliphatic rings. The van der Waals surface area contributed by atoms with Gasteiger partial charge in [0.25, 0.3) is 0 Å². The molecule has 1 aromatic carbocycles. The molecule has 1 saturated heterocycles. The number of nitrogen functional groups attached to an aromatic ring is 1. The molecule has 0 amide bonds. The number of piperidine rings is 1. The molecule has 2 fully saturated rings. The van der Waals surface area contributed by atoms with Gasteiger partial charge in [-0.25, -0.2) is 13.9 Å². The Kier molecular flexibility index (Phi) is 4.13. The first kappa shape index (κ1) is 18.2. The second-order valence-corrected chi connectivity index (χ2v) is 8.32. The summed E-state index contributed by atoms with van der Waals surface area (Å²) in [6.45, 7) is 4.83. The molecule has 3 aromatic rings. The molecule has 1 aliphatic heterocycles. The first-order valence-electron chi connectivity index (χ1n) is 10.0. The van der Waals surface area contributed by atoms with E-state index in [1.165, 1.54) is 18.9 Å². The number of hydrogen-bond acceptors (Lipinski definition) is 6. The summed E-state index contributed by atoms with van der Waals surface area (Å²) in [5.41, 5.74) is 10.5. The van der Waals surface area contributed by atoms with Crippen LogP contribution in [0, 0.1) is 19.7 Å². The Bertz CT molecular complexity index is 1130. The predicted octanol–water partition coefficient (Wildman–Crippen LogP) is 4.10. The third-order valence-corrected chi connectivity index (χ3v) is 5.92. The number of imidazole rings is 1. The van der Waals surface area contributed by atoms with E-state index in [2.05, 4.69) is 25.6 Å². The molecule has 1 atom stereocenters. The van der Waals surface area contributed by atoms with Gasteiger partial charge in [0.2, 0.25) is 0 Å². The highest BCUT2D eigenvalue weighted by Gasteiger charge is 2.45.